The maximum absolute atomic E-state index is 11.6. The van der Waals surface area contributed by atoms with Crippen LogP contribution in [0.2, 0.25) is 10.0 Å². The quantitative estimate of drug-likeness (QED) is 0.613. The van der Waals surface area contributed by atoms with Crippen molar-refractivity contribution in [3.05, 3.63) is 33.3 Å². The molecule has 5 heteroatoms. The lowest BCUT2D eigenvalue weighted by molar-refractivity contribution is 0.0525. The molecule has 0 bridgehead atoms. The van der Waals surface area contributed by atoms with Gasteiger partial charge in [-0.3, -0.25) is 0 Å². The monoisotopic (exact) mass is 266 g/mol. The van der Waals surface area contributed by atoms with Crippen LogP contribution in [0.1, 0.15) is 22.8 Å². The van der Waals surface area contributed by atoms with Crippen LogP contribution in [0, 0.1) is 0 Å². The van der Waals surface area contributed by atoms with Crippen molar-refractivity contribution in [1.29, 1.82) is 0 Å². The number of alkyl halides is 1. The van der Waals surface area contributed by atoms with Gasteiger partial charge in [0.1, 0.15) is 0 Å². The van der Waals surface area contributed by atoms with E-state index in [2.05, 4.69) is 0 Å². The van der Waals surface area contributed by atoms with E-state index in [0.29, 0.717) is 10.6 Å². The van der Waals surface area contributed by atoms with E-state index in [0.717, 1.165) is 0 Å². The van der Waals surface area contributed by atoms with Crippen molar-refractivity contribution in [2.75, 3.05) is 6.61 Å². The zero-order chi connectivity index (χ0) is 11.4. The SMILES string of the molecule is CCOC(=O)c1c(CCl)ccc(Cl)c1Cl. The molecular weight excluding hydrogens is 258 g/mol. The highest BCUT2D eigenvalue weighted by Gasteiger charge is 2.18. The molecule has 0 saturated carbocycles. The lowest BCUT2D eigenvalue weighted by atomic mass is 10.1. The number of carbonyl (C=O) groups excluding carboxylic acids is 1. The van der Waals surface area contributed by atoms with E-state index in [-0.39, 0.29) is 23.1 Å². The summed E-state index contributed by atoms with van der Waals surface area (Å²) < 4.78 is 4.87. The first-order chi connectivity index (χ1) is 7.11. The third-order valence-electron chi connectivity index (χ3n) is 1.80. The molecule has 15 heavy (non-hydrogen) atoms. The molecule has 0 aliphatic carbocycles. The van der Waals surface area contributed by atoms with E-state index in [1.54, 1.807) is 19.1 Å². The largest absolute Gasteiger partial charge is 0.462 e. The maximum Gasteiger partial charge on any atom is 0.340 e. The van der Waals surface area contributed by atoms with E-state index in [1.807, 2.05) is 0 Å². The number of esters is 1. The molecule has 1 aromatic rings. The summed E-state index contributed by atoms with van der Waals surface area (Å²) in [4.78, 5) is 11.6. The number of carbonyl (C=O) groups is 1. The minimum Gasteiger partial charge on any atom is -0.462 e. The predicted octanol–water partition coefficient (Wildman–Crippen LogP) is 3.91. The first-order valence-corrected chi connectivity index (χ1v) is 5.60. The molecule has 0 atom stereocenters. The molecule has 0 aliphatic heterocycles. The summed E-state index contributed by atoms with van der Waals surface area (Å²) in [6.07, 6.45) is 0. The van der Waals surface area contributed by atoms with Gasteiger partial charge in [0, 0.05) is 5.88 Å². The van der Waals surface area contributed by atoms with Gasteiger partial charge in [-0.1, -0.05) is 29.3 Å². The van der Waals surface area contributed by atoms with Crippen LogP contribution < -0.4 is 0 Å². The number of ether oxygens (including phenoxy) is 1. The lowest BCUT2D eigenvalue weighted by Crippen LogP contribution is -2.08. The van der Waals surface area contributed by atoms with Crippen molar-refractivity contribution < 1.29 is 9.53 Å². The summed E-state index contributed by atoms with van der Waals surface area (Å²) in [5.74, 6) is -0.314. The summed E-state index contributed by atoms with van der Waals surface area (Å²) in [5.41, 5.74) is 0.866. The van der Waals surface area contributed by atoms with Crippen LogP contribution in [0.3, 0.4) is 0 Å². The molecule has 0 N–H and O–H groups in total. The van der Waals surface area contributed by atoms with E-state index < -0.39 is 5.97 Å². The molecule has 0 amide bonds. The predicted molar refractivity (Wildman–Crippen MR) is 62.0 cm³/mol. The van der Waals surface area contributed by atoms with Crippen LogP contribution in [-0.2, 0) is 10.6 Å². The third-order valence-corrected chi connectivity index (χ3v) is 2.90. The van der Waals surface area contributed by atoms with Crippen LogP contribution in [0.25, 0.3) is 0 Å². The Hall–Kier alpha value is -0.440. The van der Waals surface area contributed by atoms with Crippen LogP contribution in [-0.4, -0.2) is 12.6 Å². The van der Waals surface area contributed by atoms with Crippen molar-refractivity contribution in [1.82, 2.24) is 0 Å². The Bertz CT molecular complexity index is 377. The second kappa shape index (κ2) is 5.59. The minimum atomic E-state index is -0.499. The molecule has 1 rings (SSSR count). The summed E-state index contributed by atoms with van der Waals surface area (Å²) in [6.45, 7) is 2.00. The number of halogens is 3. The molecule has 2 nitrogen and oxygen atoms in total. The number of rotatable bonds is 3. The highest BCUT2D eigenvalue weighted by molar-refractivity contribution is 6.44. The topological polar surface area (TPSA) is 26.3 Å². The molecule has 0 saturated heterocycles. The number of benzene rings is 1. The molecule has 1 aromatic carbocycles. The Morgan fingerprint density at radius 2 is 2.07 bits per heavy atom. The highest BCUT2D eigenvalue weighted by Crippen LogP contribution is 2.30. The van der Waals surface area contributed by atoms with Gasteiger partial charge < -0.3 is 4.74 Å². The second-order valence-electron chi connectivity index (χ2n) is 2.75. The summed E-state index contributed by atoms with van der Waals surface area (Å²) >= 11 is 17.4. The second-order valence-corrected chi connectivity index (χ2v) is 3.80. The average Bonchev–Trinajstić information content (AvgIpc) is 2.22. The molecule has 0 radical (unpaired) electrons. The number of hydrogen-bond acceptors (Lipinski definition) is 2. The van der Waals surface area contributed by atoms with E-state index in [9.17, 15) is 4.79 Å². The fraction of sp³-hybridized carbons (Fsp3) is 0.300. The Labute approximate surface area is 103 Å². The molecule has 0 aromatic heterocycles. The van der Waals surface area contributed by atoms with Crippen molar-refractivity contribution in [2.24, 2.45) is 0 Å². The van der Waals surface area contributed by atoms with Gasteiger partial charge in [0.25, 0.3) is 0 Å². The Kier molecular flexibility index (Phi) is 4.71. The van der Waals surface area contributed by atoms with Crippen molar-refractivity contribution in [3.63, 3.8) is 0 Å². The van der Waals surface area contributed by atoms with Gasteiger partial charge in [0.2, 0.25) is 0 Å². The smallest absolute Gasteiger partial charge is 0.340 e. The minimum absolute atomic E-state index is 0.186. The van der Waals surface area contributed by atoms with Crippen LogP contribution in [0.5, 0.6) is 0 Å². The highest BCUT2D eigenvalue weighted by atomic mass is 35.5. The summed E-state index contributed by atoms with van der Waals surface area (Å²) in [7, 11) is 0. The van der Waals surface area contributed by atoms with Gasteiger partial charge in [-0.05, 0) is 18.6 Å². The molecule has 0 fully saturated rings. The first kappa shape index (κ1) is 12.6. The Morgan fingerprint density at radius 3 is 2.60 bits per heavy atom. The first-order valence-electron chi connectivity index (χ1n) is 4.31. The Morgan fingerprint density at radius 1 is 1.40 bits per heavy atom. The average molecular weight is 268 g/mol. The summed E-state index contributed by atoms with van der Waals surface area (Å²) in [6, 6.07) is 3.26. The van der Waals surface area contributed by atoms with Gasteiger partial charge in [-0.15, -0.1) is 11.6 Å². The molecule has 0 aliphatic rings. The lowest BCUT2D eigenvalue weighted by Gasteiger charge is -2.09. The zero-order valence-electron chi connectivity index (χ0n) is 8.02. The number of hydrogen-bond donors (Lipinski definition) is 0. The van der Waals surface area contributed by atoms with Crippen molar-refractivity contribution >= 4 is 40.8 Å². The van der Waals surface area contributed by atoms with Gasteiger partial charge in [0.15, 0.2) is 0 Å². The maximum atomic E-state index is 11.6. The zero-order valence-corrected chi connectivity index (χ0v) is 10.3. The third kappa shape index (κ3) is 2.77. The molecular formula is C10H9Cl3O2. The molecule has 82 valence electrons. The van der Waals surface area contributed by atoms with E-state index >= 15 is 0 Å². The normalized spacial score (nSPS) is 10.1. The summed E-state index contributed by atoms with van der Waals surface area (Å²) in [5, 5.41) is 0.502. The Balaban J connectivity index is 3.23. The van der Waals surface area contributed by atoms with Crippen LogP contribution in [0.4, 0.5) is 0 Å². The van der Waals surface area contributed by atoms with Gasteiger partial charge in [0.05, 0.1) is 22.2 Å². The fourth-order valence-electron chi connectivity index (χ4n) is 1.13. The molecule has 0 unspecified atom stereocenters. The van der Waals surface area contributed by atoms with Crippen LogP contribution in [0.15, 0.2) is 12.1 Å². The van der Waals surface area contributed by atoms with Gasteiger partial charge >= 0.3 is 5.97 Å². The van der Waals surface area contributed by atoms with Crippen LogP contribution >= 0.6 is 34.8 Å². The van der Waals surface area contributed by atoms with Gasteiger partial charge in [-0.2, -0.15) is 0 Å². The molecule has 0 spiro atoms. The van der Waals surface area contributed by atoms with E-state index in [4.69, 9.17) is 39.5 Å². The standard InChI is InChI=1S/C10H9Cl3O2/c1-2-15-10(14)8-6(5-11)3-4-7(12)9(8)13/h3-4H,2,5H2,1H3. The van der Waals surface area contributed by atoms with Gasteiger partial charge in [-0.25, -0.2) is 4.79 Å². The molecule has 0 heterocycles. The van der Waals surface area contributed by atoms with Crippen molar-refractivity contribution in [2.45, 2.75) is 12.8 Å². The van der Waals surface area contributed by atoms with Crippen molar-refractivity contribution in [3.8, 4) is 0 Å². The van der Waals surface area contributed by atoms with E-state index in [1.165, 1.54) is 0 Å². The fourth-order valence-corrected chi connectivity index (χ4v) is 1.77.